The average molecular weight is 636 g/mol. The Balaban J connectivity index is 0.000000256. The minimum atomic E-state index is 0.137. The second-order valence-electron chi connectivity index (χ2n) is 9.75. The number of carbonyl (C=O) groups excluding carboxylic acids is 2. The Bertz CT molecular complexity index is 1380. The Kier molecular flexibility index (Phi) is 19.3. The van der Waals surface area contributed by atoms with Gasteiger partial charge in [-0.1, -0.05) is 61.0 Å². The predicted octanol–water partition coefficient (Wildman–Crippen LogP) is 6.04. The molecule has 4 N–H and O–H groups in total. The first-order valence-electron chi connectivity index (χ1n) is 14.7. The van der Waals surface area contributed by atoms with E-state index in [-0.39, 0.29) is 6.61 Å². The van der Waals surface area contributed by atoms with Crippen molar-refractivity contribution in [2.24, 2.45) is 4.99 Å². The minimum Gasteiger partial charge on any atom is -0.396 e. The molecule has 0 radical (unpaired) electrons. The summed E-state index contributed by atoms with van der Waals surface area (Å²) in [5, 5.41) is 20.7. The average Bonchev–Trinajstić information content (AvgIpc) is 3.78. The number of aliphatic imine (C=N–C) groups is 1. The maximum atomic E-state index is 10.5. The number of aliphatic hydroxyl groups excluding tert-OH is 1. The van der Waals surface area contributed by atoms with Gasteiger partial charge in [0, 0.05) is 28.8 Å². The van der Waals surface area contributed by atoms with E-state index in [1.165, 1.54) is 70.7 Å². The first-order chi connectivity index (χ1) is 21.6. The molecule has 1 atom stereocenters. The number of hydrogen-bond donors (Lipinski definition) is 4. The molecule has 0 fully saturated rings. The van der Waals surface area contributed by atoms with Gasteiger partial charge in [0.15, 0.2) is 12.6 Å². The van der Waals surface area contributed by atoms with Crippen LogP contribution in [-0.4, -0.2) is 75.1 Å². The standard InChI is InChI=1S/C19H25N3.C9H10O2S.C4H3NOS.C2H7N/c1-20-12-6-2-3-9-19-21-14-18(22-19)17-11-10-15-7-4-5-8-16(15)13-17;10-5-6-12-9-4-2-1-3-8(9)7-11;6-2-4-1-5-3-7-4;1-3-2/h4-5,7-8,10-11,13,18,20H,2-3,6,9,12,14H2,1H3,(H,21,22);1-4,7,10H,5-6H2;1-3H;3H,1-2H3. The van der Waals surface area contributed by atoms with Gasteiger partial charge in [0.2, 0.25) is 0 Å². The predicted molar refractivity (Wildman–Crippen MR) is 187 cm³/mol. The molecule has 0 saturated carbocycles. The van der Waals surface area contributed by atoms with E-state index in [0.717, 1.165) is 37.0 Å². The van der Waals surface area contributed by atoms with E-state index in [1.54, 1.807) is 11.6 Å². The largest absolute Gasteiger partial charge is 0.396 e. The molecule has 236 valence electrons. The summed E-state index contributed by atoms with van der Waals surface area (Å²) in [5.74, 6) is 1.81. The van der Waals surface area contributed by atoms with Crippen molar-refractivity contribution in [2.75, 3.05) is 46.6 Å². The van der Waals surface area contributed by atoms with Crippen molar-refractivity contribution in [1.29, 1.82) is 0 Å². The number of nitrogens with one attached hydrogen (secondary N) is 3. The molecule has 10 heteroatoms. The molecule has 5 rings (SSSR count). The first-order valence-corrected chi connectivity index (χ1v) is 16.6. The second kappa shape index (κ2) is 23.0. The summed E-state index contributed by atoms with van der Waals surface area (Å²) in [4.78, 5) is 30.3. The molecule has 1 unspecified atom stereocenters. The summed E-state index contributed by atoms with van der Waals surface area (Å²) >= 11 is 2.83. The molecule has 1 aromatic heterocycles. The molecule has 0 saturated heterocycles. The number of thiazole rings is 1. The number of nitrogens with zero attached hydrogens (tertiary/aromatic N) is 2. The lowest BCUT2D eigenvalue weighted by molar-refractivity contribution is 0.111. The fourth-order valence-corrected chi connectivity index (χ4v) is 5.37. The number of thioether (sulfide) groups is 1. The van der Waals surface area contributed by atoms with E-state index in [9.17, 15) is 9.59 Å². The van der Waals surface area contributed by atoms with Crippen LogP contribution in [0, 0.1) is 0 Å². The number of fused-ring (bicyclic) bond motifs is 1. The van der Waals surface area contributed by atoms with Gasteiger partial charge in [0.05, 0.1) is 35.4 Å². The number of hydrogen-bond acceptors (Lipinski definition) is 10. The highest BCUT2D eigenvalue weighted by molar-refractivity contribution is 7.99. The van der Waals surface area contributed by atoms with E-state index >= 15 is 0 Å². The van der Waals surface area contributed by atoms with Gasteiger partial charge in [-0.15, -0.1) is 23.1 Å². The zero-order chi connectivity index (χ0) is 31.8. The highest BCUT2D eigenvalue weighted by atomic mass is 32.2. The SMILES string of the molecule is CNC.CNCCCCCC1=NCC(c2ccc3ccccc3c2)N1.O=Cc1ccccc1SCCO.O=Cc1cncs1. The van der Waals surface area contributed by atoms with Gasteiger partial charge in [-0.25, -0.2) is 0 Å². The quantitative estimate of drug-likeness (QED) is 0.0847. The van der Waals surface area contributed by atoms with Gasteiger partial charge in [-0.05, 0) is 69.0 Å². The lowest BCUT2D eigenvalue weighted by Crippen LogP contribution is -2.23. The number of rotatable bonds is 12. The first kappa shape index (κ1) is 36.8. The summed E-state index contributed by atoms with van der Waals surface area (Å²) in [6.45, 7) is 2.11. The number of aldehydes is 2. The molecule has 0 aliphatic carbocycles. The zero-order valence-electron chi connectivity index (χ0n) is 25.9. The molecule has 2 heterocycles. The number of unbranched alkanes of at least 4 members (excludes halogenated alkanes) is 2. The zero-order valence-corrected chi connectivity index (χ0v) is 27.5. The van der Waals surface area contributed by atoms with Crippen molar-refractivity contribution < 1.29 is 14.7 Å². The summed E-state index contributed by atoms with van der Waals surface area (Å²) in [7, 11) is 5.76. The number of aliphatic hydroxyl groups is 1. The molecular weight excluding hydrogens is 591 g/mol. The van der Waals surface area contributed by atoms with Crippen molar-refractivity contribution in [3.63, 3.8) is 0 Å². The van der Waals surface area contributed by atoms with Crippen LogP contribution in [-0.2, 0) is 0 Å². The summed E-state index contributed by atoms with van der Waals surface area (Å²) < 4.78 is 0. The van der Waals surface area contributed by atoms with E-state index in [0.29, 0.717) is 22.2 Å². The van der Waals surface area contributed by atoms with Crippen LogP contribution in [0.3, 0.4) is 0 Å². The summed E-state index contributed by atoms with van der Waals surface area (Å²) in [6.07, 6.45) is 7.97. The lowest BCUT2D eigenvalue weighted by Gasteiger charge is -2.13. The molecule has 1 aliphatic heterocycles. The van der Waals surface area contributed by atoms with Gasteiger partial charge >= 0.3 is 0 Å². The van der Waals surface area contributed by atoms with Gasteiger partial charge in [-0.3, -0.25) is 19.6 Å². The van der Waals surface area contributed by atoms with E-state index in [2.05, 4.69) is 68.4 Å². The Hall–Kier alpha value is -3.41. The fraction of sp³-hybridized carbons (Fsp3) is 0.353. The highest BCUT2D eigenvalue weighted by Crippen LogP contribution is 2.23. The number of benzene rings is 3. The number of aromatic nitrogens is 1. The summed E-state index contributed by atoms with van der Waals surface area (Å²) in [6, 6.07) is 23.0. The fourth-order valence-electron chi connectivity index (χ4n) is 4.18. The molecule has 4 aromatic rings. The highest BCUT2D eigenvalue weighted by Gasteiger charge is 2.18. The van der Waals surface area contributed by atoms with Gasteiger partial charge in [-0.2, -0.15) is 0 Å². The van der Waals surface area contributed by atoms with Crippen LogP contribution in [0.5, 0.6) is 0 Å². The van der Waals surface area contributed by atoms with Crippen LogP contribution < -0.4 is 16.0 Å². The number of carbonyl (C=O) groups is 2. The molecular formula is C34H45N5O3S2. The Morgan fingerprint density at radius 3 is 2.39 bits per heavy atom. The van der Waals surface area contributed by atoms with E-state index < -0.39 is 0 Å². The third-order valence-corrected chi connectivity index (χ3v) is 8.05. The van der Waals surface area contributed by atoms with Crippen LogP contribution in [0.2, 0.25) is 0 Å². The van der Waals surface area contributed by atoms with Crippen LogP contribution in [0.4, 0.5) is 0 Å². The van der Waals surface area contributed by atoms with E-state index in [1.807, 2.05) is 39.3 Å². The van der Waals surface area contributed by atoms with Gasteiger partial charge < -0.3 is 21.1 Å². The molecule has 0 amide bonds. The molecule has 1 aliphatic rings. The lowest BCUT2D eigenvalue weighted by atomic mass is 10.0. The molecule has 44 heavy (non-hydrogen) atoms. The van der Waals surface area contributed by atoms with Crippen LogP contribution in [0.25, 0.3) is 10.8 Å². The normalized spacial score (nSPS) is 13.2. The Morgan fingerprint density at radius 2 is 1.73 bits per heavy atom. The van der Waals surface area contributed by atoms with Crippen molar-refractivity contribution in [3.8, 4) is 0 Å². The minimum absolute atomic E-state index is 0.137. The van der Waals surface area contributed by atoms with Crippen molar-refractivity contribution in [1.82, 2.24) is 20.9 Å². The van der Waals surface area contributed by atoms with E-state index in [4.69, 9.17) is 5.11 Å². The molecule has 3 aromatic carbocycles. The topological polar surface area (TPSA) is 116 Å². The van der Waals surface area contributed by atoms with Crippen LogP contribution in [0.1, 0.15) is 57.3 Å². The second-order valence-corrected chi connectivity index (χ2v) is 11.8. The van der Waals surface area contributed by atoms with Crippen molar-refractivity contribution >= 4 is 52.3 Å². The van der Waals surface area contributed by atoms with Gasteiger partial charge in [0.1, 0.15) is 0 Å². The third-order valence-electron chi connectivity index (χ3n) is 6.28. The summed E-state index contributed by atoms with van der Waals surface area (Å²) in [5.41, 5.74) is 3.66. The van der Waals surface area contributed by atoms with Crippen LogP contribution >= 0.6 is 23.1 Å². The van der Waals surface area contributed by atoms with Gasteiger partial charge in [0.25, 0.3) is 0 Å². The Labute approximate surface area is 269 Å². The van der Waals surface area contributed by atoms with Crippen molar-refractivity contribution in [2.45, 2.75) is 36.6 Å². The van der Waals surface area contributed by atoms with Crippen molar-refractivity contribution in [3.05, 3.63) is 94.4 Å². The number of amidine groups is 1. The maximum Gasteiger partial charge on any atom is 0.161 e. The maximum absolute atomic E-state index is 10.5. The Morgan fingerprint density at radius 1 is 0.977 bits per heavy atom. The monoisotopic (exact) mass is 635 g/mol. The molecule has 0 spiro atoms. The van der Waals surface area contributed by atoms with Crippen LogP contribution in [0.15, 0.2) is 88.3 Å². The molecule has 0 bridgehead atoms. The molecule has 8 nitrogen and oxygen atoms in total. The smallest absolute Gasteiger partial charge is 0.161 e. The third kappa shape index (κ3) is 13.9.